The predicted octanol–water partition coefficient (Wildman–Crippen LogP) is 4.65. The molecule has 22 heavy (non-hydrogen) atoms. The fraction of sp³-hybridized carbons (Fsp3) is 0. The maximum absolute atomic E-state index is 12.0. The highest BCUT2D eigenvalue weighted by atomic mass is 79.9. The molecule has 1 N–H and O–H groups in total. The average Bonchev–Trinajstić information content (AvgIpc) is 2.54. The number of pyridine rings is 1. The molecule has 0 saturated carbocycles. The lowest BCUT2D eigenvalue weighted by Gasteiger charge is -2.05. The van der Waals surface area contributed by atoms with E-state index in [1.807, 2.05) is 48.5 Å². The van der Waals surface area contributed by atoms with Crippen molar-refractivity contribution in [2.75, 3.05) is 5.32 Å². The zero-order chi connectivity index (χ0) is 15.4. The Morgan fingerprint density at radius 3 is 2.55 bits per heavy atom. The second kappa shape index (κ2) is 6.54. The van der Waals surface area contributed by atoms with Crippen LogP contribution in [0.25, 0.3) is 16.8 Å². The van der Waals surface area contributed by atoms with Crippen molar-refractivity contribution in [1.29, 1.82) is 0 Å². The summed E-state index contributed by atoms with van der Waals surface area (Å²) in [5, 5.41) is 5.07. The number of aromatic nitrogens is 1. The molecular formula is C18H13BrN2O. The van der Waals surface area contributed by atoms with Crippen LogP contribution in [0.3, 0.4) is 0 Å². The first kappa shape index (κ1) is 14.5. The van der Waals surface area contributed by atoms with Gasteiger partial charge in [0, 0.05) is 28.6 Å². The molecule has 0 aliphatic carbocycles. The van der Waals surface area contributed by atoms with E-state index in [2.05, 4.69) is 26.2 Å². The van der Waals surface area contributed by atoms with Gasteiger partial charge in [-0.25, -0.2) is 0 Å². The van der Waals surface area contributed by atoms with Gasteiger partial charge < -0.3 is 5.32 Å². The summed E-state index contributed by atoms with van der Waals surface area (Å²) in [6, 6.07) is 15.6. The van der Waals surface area contributed by atoms with E-state index in [1.54, 1.807) is 18.5 Å². The molecule has 0 fully saturated rings. The lowest BCUT2D eigenvalue weighted by Crippen LogP contribution is -2.07. The second-order valence-electron chi connectivity index (χ2n) is 4.81. The summed E-state index contributed by atoms with van der Waals surface area (Å²) in [5.41, 5.74) is 1.72. The Kier molecular flexibility index (Phi) is 4.30. The van der Waals surface area contributed by atoms with Gasteiger partial charge in [-0.15, -0.1) is 0 Å². The Morgan fingerprint density at radius 2 is 1.73 bits per heavy atom. The molecule has 0 aliphatic heterocycles. The number of nitrogens with zero attached hydrogens (tertiary/aromatic N) is 1. The number of hydrogen-bond acceptors (Lipinski definition) is 2. The summed E-state index contributed by atoms with van der Waals surface area (Å²) in [5.74, 6) is -0.159. The van der Waals surface area contributed by atoms with Crippen LogP contribution < -0.4 is 5.32 Å². The number of nitrogens with one attached hydrogen (secondary N) is 1. The van der Waals surface area contributed by atoms with Crippen molar-refractivity contribution in [3.63, 3.8) is 0 Å². The monoisotopic (exact) mass is 352 g/mol. The zero-order valence-corrected chi connectivity index (χ0v) is 13.2. The molecular weight excluding hydrogens is 340 g/mol. The maximum atomic E-state index is 12.0. The molecule has 1 amide bonds. The van der Waals surface area contributed by atoms with E-state index in [0.29, 0.717) is 0 Å². The molecule has 2 aromatic carbocycles. The van der Waals surface area contributed by atoms with E-state index in [9.17, 15) is 4.79 Å². The lowest BCUT2D eigenvalue weighted by molar-refractivity contribution is -0.111. The molecule has 3 aromatic rings. The van der Waals surface area contributed by atoms with E-state index in [-0.39, 0.29) is 5.91 Å². The first-order chi connectivity index (χ1) is 10.7. The number of hydrogen-bond donors (Lipinski definition) is 1. The standard InChI is InChI=1S/C18H13BrN2O/c19-16-4-2-15-12-17(5-3-14(15)11-16)21-18(22)6-1-13-7-9-20-10-8-13/h1-12H,(H,21,22)/b6-1+. The number of carbonyl (C=O) groups is 1. The highest BCUT2D eigenvalue weighted by Gasteiger charge is 2.00. The van der Waals surface area contributed by atoms with Crippen LogP contribution in [0, 0.1) is 0 Å². The van der Waals surface area contributed by atoms with Gasteiger partial charge in [0.25, 0.3) is 0 Å². The van der Waals surface area contributed by atoms with Crippen molar-refractivity contribution in [3.8, 4) is 0 Å². The van der Waals surface area contributed by atoms with E-state index in [1.165, 1.54) is 6.08 Å². The number of halogens is 1. The molecule has 0 bridgehead atoms. The molecule has 3 rings (SSSR count). The molecule has 0 atom stereocenters. The van der Waals surface area contributed by atoms with Crippen LogP contribution in [0.15, 0.2) is 71.5 Å². The third kappa shape index (κ3) is 3.59. The summed E-state index contributed by atoms with van der Waals surface area (Å²) >= 11 is 3.45. The summed E-state index contributed by atoms with van der Waals surface area (Å²) < 4.78 is 1.04. The summed E-state index contributed by atoms with van der Waals surface area (Å²) in [7, 11) is 0. The van der Waals surface area contributed by atoms with Crippen molar-refractivity contribution >= 4 is 44.4 Å². The molecule has 0 radical (unpaired) electrons. The van der Waals surface area contributed by atoms with E-state index in [0.717, 1.165) is 26.5 Å². The first-order valence-corrected chi connectivity index (χ1v) is 7.58. The predicted molar refractivity (Wildman–Crippen MR) is 93.5 cm³/mol. The van der Waals surface area contributed by atoms with E-state index < -0.39 is 0 Å². The van der Waals surface area contributed by atoms with Crippen molar-refractivity contribution in [3.05, 3.63) is 77.0 Å². The highest BCUT2D eigenvalue weighted by Crippen LogP contribution is 2.23. The smallest absolute Gasteiger partial charge is 0.248 e. The SMILES string of the molecule is O=C(/C=C/c1ccncc1)Nc1ccc2cc(Br)ccc2c1. The Hall–Kier alpha value is -2.46. The molecule has 4 heteroatoms. The molecule has 0 spiro atoms. The number of rotatable bonds is 3. The normalized spacial score (nSPS) is 11.0. The Morgan fingerprint density at radius 1 is 1.00 bits per heavy atom. The number of anilines is 1. The van der Waals surface area contributed by atoms with E-state index >= 15 is 0 Å². The first-order valence-electron chi connectivity index (χ1n) is 6.79. The van der Waals surface area contributed by atoms with Gasteiger partial charge in [-0.05, 0) is 58.8 Å². The second-order valence-corrected chi connectivity index (χ2v) is 5.73. The van der Waals surface area contributed by atoms with Crippen LogP contribution >= 0.6 is 15.9 Å². The van der Waals surface area contributed by atoms with Crippen LogP contribution in [-0.4, -0.2) is 10.9 Å². The highest BCUT2D eigenvalue weighted by molar-refractivity contribution is 9.10. The fourth-order valence-corrected chi connectivity index (χ4v) is 2.50. The Bertz CT molecular complexity index is 844. The minimum atomic E-state index is -0.159. The van der Waals surface area contributed by atoms with Gasteiger partial charge in [0.15, 0.2) is 0 Å². The van der Waals surface area contributed by atoms with Gasteiger partial charge in [-0.1, -0.05) is 28.1 Å². The number of amides is 1. The van der Waals surface area contributed by atoms with Crippen LogP contribution in [0.4, 0.5) is 5.69 Å². The maximum Gasteiger partial charge on any atom is 0.248 e. The molecule has 108 valence electrons. The largest absolute Gasteiger partial charge is 0.322 e. The summed E-state index contributed by atoms with van der Waals surface area (Å²) in [4.78, 5) is 15.9. The van der Waals surface area contributed by atoms with Crippen LogP contribution in [-0.2, 0) is 4.79 Å². The molecule has 0 aliphatic rings. The quantitative estimate of drug-likeness (QED) is 0.697. The van der Waals surface area contributed by atoms with Gasteiger partial charge in [0.1, 0.15) is 0 Å². The van der Waals surface area contributed by atoms with Gasteiger partial charge in [0.05, 0.1) is 0 Å². The van der Waals surface area contributed by atoms with Crippen molar-refractivity contribution in [2.45, 2.75) is 0 Å². The molecule has 3 nitrogen and oxygen atoms in total. The van der Waals surface area contributed by atoms with Gasteiger partial charge in [-0.3, -0.25) is 9.78 Å². The van der Waals surface area contributed by atoms with Crippen molar-refractivity contribution in [1.82, 2.24) is 4.98 Å². The molecule has 0 unspecified atom stereocenters. The van der Waals surface area contributed by atoms with Gasteiger partial charge >= 0.3 is 0 Å². The minimum Gasteiger partial charge on any atom is -0.322 e. The van der Waals surface area contributed by atoms with Crippen LogP contribution in [0.2, 0.25) is 0 Å². The van der Waals surface area contributed by atoms with Crippen molar-refractivity contribution < 1.29 is 4.79 Å². The number of fused-ring (bicyclic) bond motifs is 1. The summed E-state index contributed by atoms with van der Waals surface area (Å²) in [6.45, 7) is 0. The Balaban J connectivity index is 1.74. The minimum absolute atomic E-state index is 0.159. The van der Waals surface area contributed by atoms with Crippen LogP contribution in [0.5, 0.6) is 0 Å². The van der Waals surface area contributed by atoms with Crippen LogP contribution in [0.1, 0.15) is 5.56 Å². The number of carbonyl (C=O) groups excluding carboxylic acids is 1. The van der Waals surface area contributed by atoms with Gasteiger partial charge in [0.2, 0.25) is 5.91 Å². The van der Waals surface area contributed by atoms with E-state index in [4.69, 9.17) is 0 Å². The average molecular weight is 353 g/mol. The Labute approximate surface area is 136 Å². The lowest BCUT2D eigenvalue weighted by atomic mass is 10.1. The third-order valence-electron chi connectivity index (χ3n) is 3.20. The topological polar surface area (TPSA) is 42.0 Å². The molecule has 1 heterocycles. The zero-order valence-electron chi connectivity index (χ0n) is 11.7. The fourth-order valence-electron chi connectivity index (χ4n) is 2.12. The number of benzene rings is 2. The van der Waals surface area contributed by atoms with Gasteiger partial charge in [-0.2, -0.15) is 0 Å². The third-order valence-corrected chi connectivity index (χ3v) is 3.70. The summed E-state index contributed by atoms with van der Waals surface area (Å²) in [6.07, 6.45) is 6.66. The molecule has 1 aromatic heterocycles. The van der Waals surface area contributed by atoms with Crippen molar-refractivity contribution in [2.24, 2.45) is 0 Å². The molecule has 0 saturated heterocycles.